The Balaban J connectivity index is 2.16. The van der Waals surface area contributed by atoms with Crippen LogP contribution in [0.5, 0.6) is 0 Å². The van der Waals surface area contributed by atoms with Crippen LogP contribution in [-0.4, -0.2) is 15.0 Å². The maximum atomic E-state index is 12.4. The Morgan fingerprint density at radius 2 is 1.62 bits per heavy atom. The minimum absolute atomic E-state index is 0.135. The van der Waals surface area contributed by atoms with Crippen LogP contribution in [0.15, 0.2) is 44.7 Å². The lowest BCUT2D eigenvalue weighted by atomic mass is 9.92. The summed E-state index contributed by atoms with van der Waals surface area (Å²) in [5.41, 5.74) is 1.37. The fraction of sp³-hybridized carbons (Fsp3) is 0.250. The van der Waals surface area contributed by atoms with E-state index in [-0.39, 0.29) is 21.7 Å². The Bertz CT molecular complexity index is 1170. The number of hydrogen-bond acceptors (Lipinski definition) is 4. The quantitative estimate of drug-likeness (QED) is 0.728. The number of benzene rings is 1. The molecule has 0 aliphatic rings. The van der Waals surface area contributed by atoms with Crippen molar-refractivity contribution in [3.05, 3.63) is 84.6 Å². The lowest BCUT2D eigenvalue weighted by molar-refractivity contribution is 0.407. The first-order valence-electron chi connectivity index (χ1n) is 8.31. The summed E-state index contributed by atoms with van der Waals surface area (Å²) in [5, 5.41) is 0.342. The number of nitrogens with one attached hydrogen (secondary N) is 2. The molecule has 1 aromatic carbocycles. The third-order valence-corrected chi connectivity index (χ3v) is 4.03. The van der Waals surface area contributed by atoms with Gasteiger partial charge in [-0.2, -0.15) is 0 Å². The smallest absolute Gasteiger partial charge is 0.272 e. The van der Waals surface area contributed by atoms with Gasteiger partial charge in [0.15, 0.2) is 6.39 Å². The van der Waals surface area contributed by atoms with Gasteiger partial charge in [0.05, 0.1) is 0 Å². The van der Waals surface area contributed by atoms with Crippen LogP contribution in [-0.2, 0) is 5.41 Å². The van der Waals surface area contributed by atoms with Gasteiger partial charge in [-0.3, -0.25) is 9.59 Å². The molecule has 0 fully saturated rings. The number of hydrogen-bond donors (Lipinski definition) is 2. The first-order valence-corrected chi connectivity index (χ1v) is 8.31. The zero-order valence-corrected chi connectivity index (χ0v) is 15.2. The minimum atomic E-state index is -0.396. The highest BCUT2D eigenvalue weighted by atomic mass is 16.3. The Morgan fingerprint density at radius 3 is 2.23 bits per heavy atom. The molecule has 0 bridgehead atoms. The molecule has 0 spiro atoms. The lowest BCUT2D eigenvalue weighted by Crippen LogP contribution is -2.46. The number of aromatic nitrogens is 3. The highest BCUT2D eigenvalue weighted by Gasteiger charge is 2.21. The van der Waals surface area contributed by atoms with E-state index in [2.05, 4.69) is 15.0 Å². The lowest BCUT2D eigenvalue weighted by Gasteiger charge is -2.14. The van der Waals surface area contributed by atoms with Crippen LogP contribution in [0.25, 0.3) is 12.2 Å². The van der Waals surface area contributed by atoms with E-state index in [9.17, 15) is 9.59 Å². The van der Waals surface area contributed by atoms with Crippen LogP contribution < -0.4 is 21.8 Å². The Hall–Kier alpha value is -3.15. The van der Waals surface area contributed by atoms with Crippen molar-refractivity contribution in [1.29, 1.82) is 0 Å². The van der Waals surface area contributed by atoms with Crippen molar-refractivity contribution in [2.45, 2.75) is 33.1 Å². The van der Waals surface area contributed by atoms with Crippen molar-refractivity contribution in [3.8, 4) is 0 Å². The van der Waals surface area contributed by atoms with E-state index in [0.29, 0.717) is 11.5 Å². The van der Waals surface area contributed by atoms with Crippen LogP contribution in [0.4, 0.5) is 0 Å². The normalized spacial score (nSPS) is 13.4. The van der Waals surface area contributed by atoms with Gasteiger partial charge in [-0.05, 0) is 30.2 Å². The highest BCUT2D eigenvalue weighted by Crippen LogP contribution is 2.25. The first-order chi connectivity index (χ1) is 12.3. The van der Waals surface area contributed by atoms with E-state index in [1.807, 2.05) is 52.0 Å². The SMILES string of the molecule is Cc1ccccc1C=c1[nH]c(=O)c(=Cc2ncoc2C(C)(C)C)[nH]c1=O. The van der Waals surface area contributed by atoms with Crippen LogP contribution in [0.1, 0.15) is 43.4 Å². The summed E-state index contributed by atoms with van der Waals surface area (Å²) in [7, 11) is 0. The Kier molecular flexibility index (Phi) is 4.50. The second kappa shape index (κ2) is 6.63. The molecule has 0 saturated heterocycles. The number of aromatic amines is 2. The molecular weight excluding hydrogens is 330 g/mol. The van der Waals surface area contributed by atoms with Crippen LogP contribution >= 0.6 is 0 Å². The maximum absolute atomic E-state index is 12.4. The summed E-state index contributed by atoms with van der Waals surface area (Å²) >= 11 is 0. The molecule has 2 N–H and O–H groups in total. The molecule has 26 heavy (non-hydrogen) atoms. The summed E-state index contributed by atoms with van der Waals surface area (Å²) in [4.78, 5) is 34.2. The van der Waals surface area contributed by atoms with Crippen molar-refractivity contribution in [1.82, 2.24) is 15.0 Å². The second-order valence-corrected chi connectivity index (χ2v) is 7.20. The molecule has 0 saturated carbocycles. The average molecular weight is 351 g/mol. The zero-order valence-electron chi connectivity index (χ0n) is 15.2. The van der Waals surface area contributed by atoms with Gasteiger partial charge in [-0.1, -0.05) is 45.0 Å². The van der Waals surface area contributed by atoms with E-state index >= 15 is 0 Å². The van der Waals surface area contributed by atoms with E-state index in [0.717, 1.165) is 11.1 Å². The molecular formula is C20H21N3O3. The third kappa shape index (κ3) is 3.59. The standard InChI is InChI=1S/C20H21N3O3/c1-12-7-5-6-8-13(12)9-15-18(24)23-16(19(25)22-15)10-14-17(20(2,3)4)26-11-21-14/h5-11H,1-4H3,(H,22,25)(H,23,24). The second-order valence-electron chi connectivity index (χ2n) is 7.20. The van der Waals surface area contributed by atoms with Crippen molar-refractivity contribution in [2.75, 3.05) is 0 Å². The fourth-order valence-electron chi connectivity index (χ4n) is 2.66. The van der Waals surface area contributed by atoms with Gasteiger partial charge in [-0.15, -0.1) is 0 Å². The van der Waals surface area contributed by atoms with E-state index in [1.165, 1.54) is 12.5 Å². The van der Waals surface area contributed by atoms with Crippen LogP contribution in [0, 0.1) is 6.92 Å². The summed E-state index contributed by atoms with van der Waals surface area (Å²) < 4.78 is 5.43. The monoisotopic (exact) mass is 351 g/mol. The van der Waals surface area contributed by atoms with Crippen LogP contribution in [0.2, 0.25) is 0 Å². The van der Waals surface area contributed by atoms with Gasteiger partial charge in [0.25, 0.3) is 11.1 Å². The number of H-pyrrole nitrogens is 2. The van der Waals surface area contributed by atoms with Gasteiger partial charge < -0.3 is 14.4 Å². The summed E-state index contributed by atoms with van der Waals surface area (Å²) in [6.07, 6.45) is 4.52. The maximum Gasteiger partial charge on any atom is 0.272 e. The minimum Gasteiger partial charge on any atom is -0.447 e. The van der Waals surface area contributed by atoms with E-state index in [4.69, 9.17) is 4.42 Å². The number of rotatable bonds is 2. The molecule has 6 nitrogen and oxygen atoms in total. The number of aryl methyl sites for hydroxylation is 1. The van der Waals surface area contributed by atoms with Crippen molar-refractivity contribution in [3.63, 3.8) is 0 Å². The summed E-state index contributed by atoms with van der Waals surface area (Å²) in [6.45, 7) is 7.90. The summed E-state index contributed by atoms with van der Waals surface area (Å²) in [6, 6.07) is 7.63. The molecule has 3 aromatic rings. The Labute approximate surface area is 149 Å². The summed E-state index contributed by atoms with van der Waals surface area (Å²) in [5.74, 6) is 0.647. The van der Waals surface area contributed by atoms with Gasteiger partial charge in [0.1, 0.15) is 22.2 Å². The molecule has 134 valence electrons. The number of oxazole rings is 1. The molecule has 2 heterocycles. The molecule has 0 unspecified atom stereocenters. The zero-order chi connectivity index (χ0) is 18.9. The molecule has 0 atom stereocenters. The molecule has 6 heteroatoms. The van der Waals surface area contributed by atoms with Gasteiger partial charge in [-0.25, -0.2) is 4.98 Å². The Morgan fingerprint density at radius 1 is 1.00 bits per heavy atom. The topological polar surface area (TPSA) is 91.8 Å². The first kappa shape index (κ1) is 17.7. The van der Waals surface area contributed by atoms with E-state index < -0.39 is 5.56 Å². The largest absolute Gasteiger partial charge is 0.447 e. The molecule has 0 aliphatic carbocycles. The molecule has 2 aromatic heterocycles. The molecule has 3 rings (SSSR count). The highest BCUT2D eigenvalue weighted by molar-refractivity contribution is 5.52. The predicted octanol–water partition coefficient (Wildman–Crippen LogP) is 1.31. The number of nitrogens with zero attached hydrogens (tertiary/aromatic N) is 1. The van der Waals surface area contributed by atoms with Gasteiger partial charge in [0, 0.05) is 5.41 Å². The third-order valence-electron chi connectivity index (χ3n) is 4.03. The van der Waals surface area contributed by atoms with Crippen LogP contribution in [0.3, 0.4) is 0 Å². The van der Waals surface area contributed by atoms with Crippen molar-refractivity contribution < 1.29 is 4.42 Å². The molecule has 0 amide bonds. The molecule has 0 radical (unpaired) electrons. The van der Waals surface area contributed by atoms with Crippen molar-refractivity contribution in [2.24, 2.45) is 0 Å². The van der Waals surface area contributed by atoms with Gasteiger partial charge >= 0.3 is 0 Å². The van der Waals surface area contributed by atoms with Gasteiger partial charge in [0.2, 0.25) is 0 Å². The fourth-order valence-corrected chi connectivity index (χ4v) is 2.66. The predicted molar refractivity (Wildman–Crippen MR) is 100 cm³/mol. The van der Waals surface area contributed by atoms with Crippen molar-refractivity contribution >= 4 is 12.2 Å². The average Bonchev–Trinajstić information content (AvgIpc) is 3.03. The molecule has 0 aliphatic heterocycles. The van der Waals surface area contributed by atoms with E-state index in [1.54, 1.807) is 6.08 Å².